The zero-order chi connectivity index (χ0) is 18.5. The number of nitrogens with zero attached hydrogens (tertiary/aromatic N) is 3. The molecule has 128 valence electrons. The van der Waals surface area contributed by atoms with Crippen LogP contribution in [-0.4, -0.2) is 23.7 Å². The van der Waals surface area contributed by atoms with E-state index in [-0.39, 0.29) is 6.61 Å². The van der Waals surface area contributed by atoms with E-state index >= 15 is 0 Å². The molecule has 6 nitrogen and oxygen atoms in total. The summed E-state index contributed by atoms with van der Waals surface area (Å²) < 4.78 is 11.3. The third-order valence-corrected chi connectivity index (χ3v) is 4.20. The number of fused-ring (bicyclic) bond motifs is 1. The van der Waals surface area contributed by atoms with Gasteiger partial charge in [-0.3, -0.25) is 0 Å². The Morgan fingerprint density at radius 1 is 1.31 bits per heavy atom. The highest BCUT2D eigenvalue weighted by Gasteiger charge is 2.13. The number of benzene rings is 2. The summed E-state index contributed by atoms with van der Waals surface area (Å²) in [5, 5.41) is 18.2. The number of aromatic nitrogens is 2. The number of imidazole rings is 1. The van der Waals surface area contributed by atoms with Gasteiger partial charge in [0.2, 0.25) is 0 Å². The number of hydrogen-bond donors (Lipinski definition) is 1. The molecule has 0 bridgehead atoms. The van der Waals surface area contributed by atoms with Crippen LogP contribution >= 0.6 is 15.9 Å². The smallest absolute Gasteiger partial charge is 0.176 e. The number of halogens is 1. The van der Waals surface area contributed by atoms with E-state index in [0.717, 1.165) is 16.6 Å². The van der Waals surface area contributed by atoms with Crippen LogP contribution in [-0.2, 0) is 0 Å². The van der Waals surface area contributed by atoms with Crippen molar-refractivity contribution in [2.45, 2.75) is 0 Å². The molecule has 2 aromatic carbocycles. The summed E-state index contributed by atoms with van der Waals surface area (Å²) in [6.07, 6.45) is 1.71. The summed E-state index contributed by atoms with van der Waals surface area (Å²) in [6.45, 7) is -0.0907. The number of allylic oxidation sites excluding steroid dienone is 1. The lowest BCUT2D eigenvalue weighted by Crippen LogP contribution is -1.98. The largest absolute Gasteiger partial charge is 0.493 e. The Kier molecular flexibility index (Phi) is 5.21. The van der Waals surface area contributed by atoms with Gasteiger partial charge in [-0.2, -0.15) is 10.5 Å². The molecule has 0 aliphatic heterocycles. The summed E-state index contributed by atoms with van der Waals surface area (Å²) in [6, 6.07) is 15.2. The maximum absolute atomic E-state index is 9.55. The molecule has 0 atom stereocenters. The SMILES string of the molecule is COc1cc(/C=C(\C#N)c2nc3ccccc3[nH]2)cc(Br)c1OCC#N. The Morgan fingerprint density at radius 2 is 2.12 bits per heavy atom. The number of aromatic amines is 1. The average Bonchev–Trinajstić information content (AvgIpc) is 3.08. The summed E-state index contributed by atoms with van der Waals surface area (Å²) in [5.74, 6) is 1.39. The molecule has 7 heteroatoms. The Balaban J connectivity index is 2.03. The number of para-hydroxylation sites is 2. The predicted octanol–water partition coefficient (Wildman–Crippen LogP) is 4.30. The Hall–Kier alpha value is -3.29. The van der Waals surface area contributed by atoms with Crippen molar-refractivity contribution in [2.24, 2.45) is 0 Å². The molecule has 0 aliphatic rings. The van der Waals surface area contributed by atoms with Gasteiger partial charge in [0.25, 0.3) is 0 Å². The van der Waals surface area contributed by atoms with E-state index in [1.807, 2.05) is 30.3 Å². The van der Waals surface area contributed by atoms with Crippen molar-refractivity contribution in [1.82, 2.24) is 9.97 Å². The molecule has 3 aromatic rings. The van der Waals surface area contributed by atoms with Crippen molar-refractivity contribution in [2.75, 3.05) is 13.7 Å². The van der Waals surface area contributed by atoms with Gasteiger partial charge in [-0.15, -0.1) is 0 Å². The third kappa shape index (κ3) is 3.53. The summed E-state index contributed by atoms with van der Waals surface area (Å²) in [7, 11) is 1.51. The zero-order valence-electron chi connectivity index (χ0n) is 13.8. The van der Waals surface area contributed by atoms with E-state index in [1.165, 1.54) is 7.11 Å². The minimum atomic E-state index is -0.0907. The zero-order valence-corrected chi connectivity index (χ0v) is 15.4. The second-order valence-electron chi connectivity index (χ2n) is 5.25. The molecule has 0 fully saturated rings. The highest BCUT2D eigenvalue weighted by atomic mass is 79.9. The van der Waals surface area contributed by atoms with Crippen LogP contribution in [0.15, 0.2) is 40.9 Å². The van der Waals surface area contributed by atoms with Crippen LogP contribution in [0.25, 0.3) is 22.7 Å². The van der Waals surface area contributed by atoms with Crippen LogP contribution in [0.2, 0.25) is 0 Å². The average molecular weight is 409 g/mol. The van der Waals surface area contributed by atoms with E-state index < -0.39 is 0 Å². The number of H-pyrrole nitrogens is 1. The first-order valence-electron chi connectivity index (χ1n) is 7.60. The van der Waals surface area contributed by atoms with Crippen LogP contribution in [0.1, 0.15) is 11.4 Å². The standard InChI is InChI=1S/C19H13BrN4O2/c1-25-17-10-12(9-14(20)18(17)26-7-6-21)8-13(11-22)19-23-15-4-2-3-5-16(15)24-19/h2-5,8-10H,7H2,1H3,(H,23,24)/b13-8+. The second kappa shape index (κ2) is 7.73. The van der Waals surface area contributed by atoms with Gasteiger partial charge in [-0.25, -0.2) is 4.98 Å². The van der Waals surface area contributed by atoms with Crippen molar-refractivity contribution >= 4 is 38.6 Å². The first-order valence-corrected chi connectivity index (χ1v) is 8.39. The molecule has 3 rings (SSSR count). The molecule has 0 radical (unpaired) electrons. The van der Waals surface area contributed by atoms with Crippen LogP contribution in [0.4, 0.5) is 0 Å². The third-order valence-electron chi connectivity index (χ3n) is 3.61. The Bertz CT molecular complexity index is 1040. The molecule has 0 spiro atoms. The molecule has 0 unspecified atom stereocenters. The molecular formula is C19H13BrN4O2. The Labute approximate surface area is 158 Å². The van der Waals surface area contributed by atoms with Crippen molar-refractivity contribution in [3.05, 3.63) is 52.3 Å². The van der Waals surface area contributed by atoms with Gasteiger partial charge < -0.3 is 14.5 Å². The molecule has 0 saturated carbocycles. The number of methoxy groups -OCH3 is 1. The van der Waals surface area contributed by atoms with E-state index in [9.17, 15) is 5.26 Å². The maximum Gasteiger partial charge on any atom is 0.176 e. The number of hydrogen-bond acceptors (Lipinski definition) is 5. The van der Waals surface area contributed by atoms with Crippen molar-refractivity contribution in [3.8, 4) is 23.6 Å². The molecular weight excluding hydrogens is 396 g/mol. The van der Waals surface area contributed by atoms with E-state index in [4.69, 9.17) is 14.7 Å². The molecule has 1 N–H and O–H groups in total. The normalized spacial score (nSPS) is 11.0. The first-order chi connectivity index (χ1) is 12.7. The van der Waals surface area contributed by atoms with Crippen LogP contribution in [0.5, 0.6) is 11.5 Å². The van der Waals surface area contributed by atoms with Gasteiger partial charge in [0.05, 0.1) is 28.2 Å². The van der Waals surface area contributed by atoms with E-state index in [0.29, 0.717) is 27.4 Å². The number of rotatable bonds is 5. The minimum Gasteiger partial charge on any atom is -0.493 e. The van der Waals surface area contributed by atoms with Gasteiger partial charge in [-0.1, -0.05) is 12.1 Å². The predicted molar refractivity (Wildman–Crippen MR) is 101 cm³/mol. The second-order valence-corrected chi connectivity index (χ2v) is 6.11. The van der Waals surface area contributed by atoms with Crippen molar-refractivity contribution in [1.29, 1.82) is 10.5 Å². The number of nitriles is 2. The topological polar surface area (TPSA) is 94.7 Å². The van der Waals surface area contributed by atoms with Gasteiger partial charge in [-0.05, 0) is 51.8 Å². The van der Waals surface area contributed by atoms with Crippen LogP contribution < -0.4 is 9.47 Å². The fourth-order valence-electron chi connectivity index (χ4n) is 2.47. The summed E-state index contributed by atoms with van der Waals surface area (Å²) in [5.41, 5.74) is 2.78. The van der Waals surface area contributed by atoms with Crippen LogP contribution in [0, 0.1) is 22.7 Å². The number of ether oxygens (including phenoxy) is 2. The molecule has 0 saturated heterocycles. The molecule has 1 heterocycles. The van der Waals surface area contributed by atoms with Gasteiger partial charge >= 0.3 is 0 Å². The number of nitrogens with one attached hydrogen (secondary N) is 1. The minimum absolute atomic E-state index is 0.0907. The lowest BCUT2D eigenvalue weighted by Gasteiger charge is -2.11. The van der Waals surface area contributed by atoms with Crippen molar-refractivity contribution < 1.29 is 9.47 Å². The highest BCUT2D eigenvalue weighted by molar-refractivity contribution is 9.10. The molecule has 0 aliphatic carbocycles. The monoisotopic (exact) mass is 408 g/mol. The van der Waals surface area contributed by atoms with Crippen molar-refractivity contribution in [3.63, 3.8) is 0 Å². The molecule has 26 heavy (non-hydrogen) atoms. The quantitative estimate of drug-likeness (QED) is 0.634. The molecule has 1 aromatic heterocycles. The fraction of sp³-hybridized carbons (Fsp3) is 0.105. The van der Waals surface area contributed by atoms with Gasteiger partial charge in [0, 0.05) is 0 Å². The van der Waals surface area contributed by atoms with E-state index in [2.05, 4.69) is 32.0 Å². The first kappa shape index (κ1) is 17.5. The highest BCUT2D eigenvalue weighted by Crippen LogP contribution is 2.37. The van der Waals surface area contributed by atoms with E-state index in [1.54, 1.807) is 18.2 Å². The van der Waals surface area contributed by atoms with Gasteiger partial charge in [0.1, 0.15) is 18.0 Å². The maximum atomic E-state index is 9.55. The lowest BCUT2D eigenvalue weighted by molar-refractivity contribution is 0.327. The molecule has 0 amide bonds. The summed E-state index contributed by atoms with van der Waals surface area (Å²) >= 11 is 3.42. The van der Waals surface area contributed by atoms with Crippen LogP contribution in [0.3, 0.4) is 0 Å². The Morgan fingerprint density at radius 3 is 2.81 bits per heavy atom. The summed E-state index contributed by atoms with van der Waals surface area (Å²) in [4.78, 5) is 7.60. The fourth-order valence-corrected chi connectivity index (χ4v) is 3.04. The lowest BCUT2D eigenvalue weighted by atomic mass is 10.1. The van der Waals surface area contributed by atoms with Gasteiger partial charge in [0.15, 0.2) is 18.1 Å².